The fourth-order valence-corrected chi connectivity index (χ4v) is 1.98. The van der Waals surface area contributed by atoms with E-state index in [1.807, 2.05) is 0 Å². The van der Waals surface area contributed by atoms with Crippen molar-refractivity contribution in [2.24, 2.45) is 0 Å². The van der Waals surface area contributed by atoms with Crippen molar-refractivity contribution < 1.29 is 15.0 Å². The van der Waals surface area contributed by atoms with Gasteiger partial charge < -0.3 is 20.8 Å². The van der Waals surface area contributed by atoms with E-state index in [2.05, 4.69) is 0 Å². The Kier molecular flexibility index (Phi) is 3.52. The molecule has 0 aliphatic rings. The van der Waals surface area contributed by atoms with Crippen LogP contribution in [0.4, 0.5) is 11.4 Å². The second kappa shape index (κ2) is 5.13. The van der Waals surface area contributed by atoms with Crippen LogP contribution in [0.2, 0.25) is 0 Å². The molecule has 0 amide bonds. The minimum absolute atomic E-state index is 0.0644. The average Bonchev–Trinajstić information content (AvgIpc) is 2.41. The number of phenolic OH excluding ortho intramolecular Hbond substituents is 2. The normalized spacial score (nSPS) is 10.3. The molecular formula is C15H16N2O3. The number of rotatable bonds is 3. The highest BCUT2D eigenvalue weighted by atomic mass is 16.3. The first kappa shape index (κ1) is 13.7. The van der Waals surface area contributed by atoms with Gasteiger partial charge in [-0.05, 0) is 24.3 Å². The number of phenols is 2. The van der Waals surface area contributed by atoms with Crippen LogP contribution in [0.25, 0.3) is 0 Å². The fraction of sp³-hybridized carbons (Fsp3) is 0.133. The maximum atomic E-state index is 12.3. The van der Waals surface area contributed by atoms with E-state index >= 15 is 0 Å². The first-order valence-electron chi connectivity index (χ1n) is 6.05. The molecular weight excluding hydrogens is 256 g/mol. The molecule has 0 aliphatic carbocycles. The van der Waals surface area contributed by atoms with Gasteiger partial charge in [-0.3, -0.25) is 4.79 Å². The summed E-state index contributed by atoms with van der Waals surface area (Å²) < 4.78 is 0. The Bertz CT molecular complexity index is 666. The first-order valence-corrected chi connectivity index (χ1v) is 6.05. The van der Waals surface area contributed by atoms with Crippen LogP contribution in [0.5, 0.6) is 11.5 Å². The Balaban J connectivity index is 2.52. The summed E-state index contributed by atoms with van der Waals surface area (Å²) >= 11 is 0. The van der Waals surface area contributed by atoms with Crippen molar-refractivity contribution in [3.05, 3.63) is 47.5 Å². The molecule has 20 heavy (non-hydrogen) atoms. The molecule has 0 spiro atoms. The van der Waals surface area contributed by atoms with Crippen LogP contribution in [-0.2, 0) is 0 Å². The summed E-state index contributed by atoms with van der Waals surface area (Å²) in [5.41, 5.74) is 6.78. The average molecular weight is 272 g/mol. The lowest BCUT2D eigenvalue weighted by Crippen LogP contribution is -2.12. The number of nitrogens with two attached hydrogens (primary N) is 1. The number of para-hydroxylation sites is 1. The first-order chi connectivity index (χ1) is 9.43. The molecule has 0 heterocycles. The highest BCUT2D eigenvalue weighted by molar-refractivity contribution is 6.13. The largest absolute Gasteiger partial charge is 0.507 e. The predicted octanol–water partition coefficient (Wildman–Crippen LogP) is 1.98. The molecule has 0 saturated heterocycles. The van der Waals surface area contributed by atoms with Crippen LogP contribution >= 0.6 is 0 Å². The molecule has 0 radical (unpaired) electrons. The SMILES string of the molecule is CN(C)c1ccc(C(=O)c2ccccc2O)c(O)c1N. The lowest BCUT2D eigenvalue weighted by molar-refractivity contribution is 0.103. The Morgan fingerprint density at radius 3 is 2.30 bits per heavy atom. The molecule has 0 aromatic heterocycles. The van der Waals surface area contributed by atoms with Crippen molar-refractivity contribution in [2.45, 2.75) is 0 Å². The molecule has 0 atom stereocenters. The zero-order valence-electron chi connectivity index (χ0n) is 11.3. The molecule has 0 bridgehead atoms. The second-order valence-corrected chi connectivity index (χ2v) is 4.64. The summed E-state index contributed by atoms with van der Waals surface area (Å²) in [6.45, 7) is 0. The Morgan fingerprint density at radius 1 is 1.05 bits per heavy atom. The summed E-state index contributed by atoms with van der Waals surface area (Å²) in [5.74, 6) is -0.880. The molecule has 4 N–H and O–H groups in total. The van der Waals surface area contributed by atoms with E-state index in [9.17, 15) is 15.0 Å². The van der Waals surface area contributed by atoms with Gasteiger partial charge in [0.15, 0.2) is 5.75 Å². The van der Waals surface area contributed by atoms with Crippen LogP contribution in [0.1, 0.15) is 15.9 Å². The number of benzene rings is 2. The molecule has 5 nitrogen and oxygen atoms in total. The number of hydrogen-bond donors (Lipinski definition) is 3. The Morgan fingerprint density at radius 2 is 1.70 bits per heavy atom. The van der Waals surface area contributed by atoms with Gasteiger partial charge in [0, 0.05) is 14.1 Å². The number of carbonyl (C=O) groups excluding carboxylic acids is 1. The molecule has 0 saturated carbocycles. The summed E-state index contributed by atoms with van der Waals surface area (Å²) in [4.78, 5) is 14.1. The van der Waals surface area contributed by atoms with Crippen molar-refractivity contribution in [1.82, 2.24) is 0 Å². The highest BCUT2D eigenvalue weighted by Crippen LogP contribution is 2.35. The van der Waals surface area contributed by atoms with E-state index < -0.39 is 5.78 Å². The minimum Gasteiger partial charge on any atom is -0.507 e. The third-order valence-corrected chi connectivity index (χ3v) is 3.07. The molecule has 0 fully saturated rings. The maximum absolute atomic E-state index is 12.3. The number of carbonyl (C=O) groups is 1. The van der Waals surface area contributed by atoms with Gasteiger partial charge in [-0.1, -0.05) is 12.1 Å². The zero-order valence-corrected chi connectivity index (χ0v) is 11.3. The van der Waals surface area contributed by atoms with Crippen LogP contribution in [0, 0.1) is 0 Å². The van der Waals surface area contributed by atoms with Crippen molar-refractivity contribution in [3.8, 4) is 11.5 Å². The van der Waals surface area contributed by atoms with Crippen LogP contribution < -0.4 is 10.6 Å². The number of anilines is 2. The summed E-state index contributed by atoms with van der Waals surface area (Å²) in [5, 5.41) is 19.8. The van der Waals surface area contributed by atoms with Gasteiger partial charge in [0.05, 0.1) is 22.5 Å². The van der Waals surface area contributed by atoms with Gasteiger partial charge >= 0.3 is 0 Å². The predicted molar refractivity (Wildman–Crippen MR) is 78.4 cm³/mol. The summed E-state index contributed by atoms with van der Waals surface area (Å²) in [7, 11) is 3.57. The lowest BCUT2D eigenvalue weighted by Gasteiger charge is -2.17. The van der Waals surface area contributed by atoms with Crippen molar-refractivity contribution in [1.29, 1.82) is 0 Å². The fourth-order valence-electron chi connectivity index (χ4n) is 1.98. The number of hydrogen-bond acceptors (Lipinski definition) is 5. The van der Waals surface area contributed by atoms with Gasteiger partial charge in [0.2, 0.25) is 5.78 Å². The highest BCUT2D eigenvalue weighted by Gasteiger charge is 2.20. The Labute approximate surface area is 116 Å². The van der Waals surface area contributed by atoms with E-state index in [1.54, 1.807) is 37.2 Å². The number of nitrogens with zero attached hydrogens (tertiary/aromatic N) is 1. The van der Waals surface area contributed by atoms with E-state index in [0.29, 0.717) is 5.69 Å². The topological polar surface area (TPSA) is 86.8 Å². The number of aromatic hydroxyl groups is 2. The van der Waals surface area contributed by atoms with Crippen LogP contribution in [0.3, 0.4) is 0 Å². The lowest BCUT2D eigenvalue weighted by atomic mass is 10.00. The maximum Gasteiger partial charge on any atom is 0.200 e. The van der Waals surface area contributed by atoms with Gasteiger partial charge in [0.25, 0.3) is 0 Å². The van der Waals surface area contributed by atoms with E-state index in [0.717, 1.165) is 0 Å². The number of ketones is 1. The summed E-state index contributed by atoms with van der Waals surface area (Å²) in [6.07, 6.45) is 0. The van der Waals surface area contributed by atoms with Gasteiger partial charge in [-0.15, -0.1) is 0 Å². The summed E-state index contributed by atoms with van der Waals surface area (Å²) in [6, 6.07) is 9.32. The molecule has 104 valence electrons. The van der Waals surface area contributed by atoms with Gasteiger partial charge in [-0.2, -0.15) is 0 Å². The monoisotopic (exact) mass is 272 g/mol. The molecule has 5 heteroatoms. The van der Waals surface area contributed by atoms with Crippen molar-refractivity contribution in [2.75, 3.05) is 24.7 Å². The quantitative estimate of drug-likeness (QED) is 0.452. The molecule has 0 aliphatic heterocycles. The van der Waals surface area contributed by atoms with E-state index in [-0.39, 0.29) is 28.3 Å². The van der Waals surface area contributed by atoms with Crippen LogP contribution in [-0.4, -0.2) is 30.1 Å². The number of nitrogen functional groups attached to an aromatic ring is 1. The van der Waals surface area contributed by atoms with E-state index in [1.165, 1.54) is 18.2 Å². The van der Waals surface area contributed by atoms with E-state index in [4.69, 9.17) is 5.73 Å². The second-order valence-electron chi connectivity index (χ2n) is 4.64. The Hall–Kier alpha value is -2.69. The van der Waals surface area contributed by atoms with Gasteiger partial charge in [-0.25, -0.2) is 0 Å². The molecule has 2 rings (SSSR count). The van der Waals surface area contributed by atoms with Crippen molar-refractivity contribution >= 4 is 17.2 Å². The standard InChI is InChI=1S/C15H16N2O3/c1-17(2)11-8-7-10(15(20)13(11)16)14(19)9-5-3-4-6-12(9)18/h3-8,18,20H,16H2,1-2H3. The van der Waals surface area contributed by atoms with Crippen molar-refractivity contribution in [3.63, 3.8) is 0 Å². The molecule has 2 aromatic rings. The smallest absolute Gasteiger partial charge is 0.200 e. The minimum atomic E-state index is -0.474. The molecule has 0 unspecified atom stereocenters. The molecule has 2 aromatic carbocycles. The third-order valence-electron chi connectivity index (χ3n) is 3.07. The van der Waals surface area contributed by atoms with Crippen LogP contribution in [0.15, 0.2) is 36.4 Å². The zero-order chi connectivity index (χ0) is 14.9. The van der Waals surface area contributed by atoms with Gasteiger partial charge in [0.1, 0.15) is 5.75 Å². The third kappa shape index (κ3) is 2.25.